The fourth-order valence-electron chi connectivity index (χ4n) is 3.91. The fraction of sp³-hybridized carbons (Fsp3) is 0.333. The van der Waals surface area contributed by atoms with Gasteiger partial charge in [-0.25, -0.2) is 0 Å². The molecule has 0 saturated carbocycles. The van der Waals surface area contributed by atoms with Crippen LogP contribution in [0.4, 0.5) is 10.8 Å². The van der Waals surface area contributed by atoms with Gasteiger partial charge in [0.25, 0.3) is 0 Å². The molecule has 1 atom stereocenters. The number of ether oxygens (including phenoxy) is 1. The van der Waals surface area contributed by atoms with Gasteiger partial charge in [-0.05, 0) is 61.2 Å². The smallest absolute Gasteiger partial charge is 0.227 e. The topological polar surface area (TPSA) is 84.4 Å². The van der Waals surface area contributed by atoms with Crippen LogP contribution >= 0.6 is 11.3 Å². The van der Waals surface area contributed by atoms with Crippen LogP contribution in [0.5, 0.6) is 5.75 Å². The van der Waals surface area contributed by atoms with E-state index < -0.39 is 0 Å². The van der Waals surface area contributed by atoms with Gasteiger partial charge in [-0.2, -0.15) is 0 Å². The second-order valence-corrected chi connectivity index (χ2v) is 9.10. The van der Waals surface area contributed by atoms with Crippen molar-refractivity contribution in [2.24, 2.45) is 0 Å². The van der Waals surface area contributed by atoms with E-state index in [1.165, 1.54) is 11.3 Å². The third kappa shape index (κ3) is 5.13. The molecule has 8 heteroatoms. The summed E-state index contributed by atoms with van der Waals surface area (Å²) in [6.45, 7) is 4.63. The number of anilines is 2. The van der Waals surface area contributed by atoms with Crippen LogP contribution < -0.4 is 15.0 Å². The Hall–Kier alpha value is -3.26. The molecule has 1 fully saturated rings. The molecule has 1 aliphatic rings. The number of nitrogens with one attached hydrogen (secondary N) is 1. The number of amides is 2. The van der Waals surface area contributed by atoms with Crippen molar-refractivity contribution in [2.75, 3.05) is 23.9 Å². The lowest BCUT2D eigenvalue weighted by Crippen LogP contribution is -2.24. The van der Waals surface area contributed by atoms with Crippen molar-refractivity contribution < 1.29 is 14.3 Å². The molecule has 0 aliphatic carbocycles. The number of benzene rings is 2. The van der Waals surface area contributed by atoms with Crippen LogP contribution in [0.3, 0.4) is 0 Å². The Balaban J connectivity index is 1.34. The Morgan fingerprint density at radius 3 is 2.56 bits per heavy atom. The molecule has 32 heavy (non-hydrogen) atoms. The number of nitrogens with zero attached hydrogens (tertiary/aromatic N) is 3. The minimum absolute atomic E-state index is 0.0224. The largest absolute Gasteiger partial charge is 0.497 e. The van der Waals surface area contributed by atoms with E-state index in [4.69, 9.17) is 4.74 Å². The Morgan fingerprint density at radius 2 is 1.88 bits per heavy atom. The highest BCUT2D eigenvalue weighted by Crippen LogP contribution is 2.34. The molecule has 1 unspecified atom stereocenters. The van der Waals surface area contributed by atoms with E-state index in [1.54, 1.807) is 7.11 Å². The van der Waals surface area contributed by atoms with Crippen LogP contribution in [0.25, 0.3) is 0 Å². The van der Waals surface area contributed by atoms with Crippen molar-refractivity contribution in [3.05, 3.63) is 64.2 Å². The second kappa shape index (κ2) is 9.48. The highest BCUT2D eigenvalue weighted by atomic mass is 32.1. The molecule has 1 N–H and O–H groups in total. The average molecular weight is 451 g/mol. The Kier molecular flexibility index (Phi) is 6.50. The first-order valence-corrected chi connectivity index (χ1v) is 11.4. The van der Waals surface area contributed by atoms with Crippen LogP contribution in [0.15, 0.2) is 42.5 Å². The number of methoxy groups -OCH3 is 1. The zero-order valence-corrected chi connectivity index (χ0v) is 19.2. The zero-order chi connectivity index (χ0) is 22.7. The lowest BCUT2D eigenvalue weighted by Gasteiger charge is -2.17. The minimum atomic E-state index is -0.108. The number of aromatic nitrogens is 2. The number of carbonyl (C=O) groups excluding carboxylic acids is 2. The third-order valence-electron chi connectivity index (χ3n) is 5.48. The first-order chi connectivity index (χ1) is 15.4. The summed E-state index contributed by atoms with van der Waals surface area (Å²) in [6, 6.07) is 13.8. The fourth-order valence-corrected chi connectivity index (χ4v) is 4.76. The van der Waals surface area contributed by atoms with Crippen LogP contribution in [0, 0.1) is 13.8 Å². The van der Waals surface area contributed by atoms with E-state index in [-0.39, 0.29) is 17.7 Å². The molecule has 4 rings (SSSR count). The summed E-state index contributed by atoms with van der Waals surface area (Å²) in [5.74, 6) is 0.745. The highest BCUT2D eigenvalue weighted by Gasteiger charge is 2.34. The predicted octanol–water partition coefficient (Wildman–Crippen LogP) is 4.26. The number of hydrogen-bond donors (Lipinski definition) is 1. The third-order valence-corrected chi connectivity index (χ3v) is 6.48. The van der Waals surface area contributed by atoms with Crippen LogP contribution in [0.2, 0.25) is 0 Å². The SMILES string of the molecule is COc1ccc(CCC(=O)Nc2nnc(C3CC(=O)N(c4cc(C)cc(C)c4)C3)s2)cc1. The summed E-state index contributed by atoms with van der Waals surface area (Å²) < 4.78 is 5.15. The molecular weight excluding hydrogens is 424 g/mol. The first-order valence-electron chi connectivity index (χ1n) is 10.6. The van der Waals surface area contributed by atoms with E-state index in [0.29, 0.717) is 30.9 Å². The Bertz CT molecular complexity index is 1110. The van der Waals surface area contributed by atoms with Gasteiger partial charge < -0.3 is 15.0 Å². The van der Waals surface area contributed by atoms with Crippen molar-refractivity contribution in [2.45, 2.75) is 39.0 Å². The summed E-state index contributed by atoms with van der Waals surface area (Å²) in [6.07, 6.45) is 1.38. The van der Waals surface area contributed by atoms with E-state index in [9.17, 15) is 9.59 Å². The maximum Gasteiger partial charge on any atom is 0.227 e. The molecule has 7 nitrogen and oxygen atoms in total. The van der Waals surface area contributed by atoms with Gasteiger partial charge in [0.2, 0.25) is 16.9 Å². The maximum absolute atomic E-state index is 12.6. The summed E-state index contributed by atoms with van der Waals surface area (Å²) in [4.78, 5) is 26.8. The number of hydrogen-bond acceptors (Lipinski definition) is 6. The summed E-state index contributed by atoms with van der Waals surface area (Å²) in [5.41, 5.74) is 4.25. The molecule has 2 heterocycles. The highest BCUT2D eigenvalue weighted by molar-refractivity contribution is 7.15. The van der Waals surface area contributed by atoms with Crippen LogP contribution in [-0.2, 0) is 16.0 Å². The molecule has 0 spiro atoms. The van der Waals surface area contributed by atoms with Crippen molar-refractivity contribution in [3.63, 3.8) is 0 Å². The molecule has 166 valence electrons. The van der Waals surface area contributed by atoms with E-state index in [2.05, 4.69) is 21.6 Å². The summed E-state index contributed by atoms with van der Waals surface area (Å²) in [5, 5.41) is 12.4. The minimum Gasteiger partial charge on any atom is -0.497 e. The van der Waals surface area contributed by atoms with Gasteiger partial charge in [0.1, 0.15) is 10.8 Å². The number of aryl methyl sites for hydroxylation is 3. The molecule has 0 radical (unpaired) electrons. The normalized spacial score (nSPS) is 15.8. The lowest BCUT2D eigenvalue weighted by atomic mass is 10.1. The van der Waals surface area contributed by atoms with Crippen molar-refractivity contribution in [3.8, 4) is 5.75 Å². The molecule has 1 aliphatic heterocycles. The maximum atomic E-state index is 12.6. The Morgan fingerprint density at radius 1 is 1.16 bits per heavy atom. The molecule has 1 aromatic heterocycles. The van der Waals surface area contributed by atoms with E-state index in [0.717, 1.165) is 33.1 Å². The summed E-state index contributed by atoms with van der Waals surface area (Å²) >= 11 is 1.34. The van der Waals surface area contributed by atoms with Crippen LogP contribution in [-0.4, -0.2) is 35.7 Å². The van der Waals surface area contributed by atoms with Gasteiger partial charge >= 0.3 is 0 Å². The zero-order valence-electron chi connectivity index (χ0n) is 18.4. The first kappa shape index (κ1) is 22.0. The van der Waals surface area contributed by atoms with Gasteiger partial charge in [-0.1, -0.05) is 29.5 Å². The average Bonchev–Trinajstić information content (AvgIpc) is 3.38. The van der Waals surface area contributed by atoms with Crippen molar-refractivity contribution in [1.82, 2.24) is 10.2 Å². The number of rotatable bonds is 7. The quantitative estimate of drug-likeness (QED) is 0.582. The summed E-state index contributed by atoms with van der Waals surface area (Å²) in [7, 11) is 1.63. The molecule has 0 bridgehead atoms. The number of carbonyl (C=O) groups is 2. The standard InChI is InChI=1S/C24H26N4O3S/c1-15-10-16(2)12-19(11-15)28-14-18(13-22(28)30)23-26-27-24(32-23)25-21(29)9-6-17-4-7-20(31-3)8-5-17/h4-5,7-8,10-12,18H,6,9,13-14H2,1-3H3,(H,25,27,29). The van der Waals surface area contributed by atoms with Gasteiger partial charge in [0, 0.05) is 31.0 Å². The van der Waals surface area contributed by atoms with Crippen molar-refractivity contribution in [1.29, 1.82) is 0 Å². The Labute approximate surface area is 191 Å². The molecular formula is C24H26N4O3S. The second-order valence-electron chi connectivity index (χ2n) is 8.09. The molecule has 1 saturated heterocycles. The monoisotopic (exact) mass is 450 g/mol. The van der Waals surface area contributed by atoms with Gasteiger partial charge in [0.05, 0.1) is 7.11 Å². The van der Waals surface area contributed by atoms with E-state index in [1.807, 2.05) is 55.1 Å². The molecule has 2 amide bonds. The van der Waals surface area contributed by atoms with Gasteiger partial charge in [0.15, 0.2) is 0 Å². The predicted molar refractivity (Wildman–Crippen MR) is 125 cm³/mol. The van der Waals surface area contributed by atoms with Crippen molar-refractivity contribution >= 4 is 34.0 Å². The van der Waals surface area contributed by atoms with Gasteiger partial charge in [-0.3, -0.25) is 9.59 Å². The molecule has 3 aromatic rings. The lowest BCUT2D eigenvalue weighted by molar-refractivity contribution is -0.117. The van der Waals surface area contributed by atoms with Gasteiger partial charge in [-0.15, -0.1) is 10.2 Å². The van der Waals surface area contributed by atoms with Crippen LogP contribution in [0.1, 0.15) is 40.5 Å². The van der Waals surface area contributed by atoms with E-state index >= 15 is 0 Å². The molecule has 2 aromatic carbocycles.